The first-order chi connectivity index (χ1) is 8.75. The highest BCUT2D eigenvalue weighted by Gasteiger charge is 2.08. The number of hydrogen-bond donors (Lipinski definition) is 0. The van der Waals surface area contributed by atoms with Crippen molar-refractivity contribution in [2.24, 2.45) is 0 Å². The molecule has 0 saturated carbocycles. The van der Waals surface area contributed by atoms with Gasteiger partial charge < -0.3 is 0 Å². The second kappa shape index (κ2) is 4.14. The molecular weight excluding hydrogens is 224 g/mol. The zero-order valence-corrected chi connectivity index (χ0v) is 10.3. The summed E-state index contributed by atoms with van der Waals surface area (Å²) in [6.45, 7) is 3.87. The summed E-state index contributed by atoms with van der Waals surface area (Å²) in [7, 11) is 0. The predicted molar refractivity (Wildman–Crippen MR) is 70.0 cm³/mol. The predicted octanol–water partition coefficient (Wildman–Crippen LogP) is 2.70. The highest BCUT2D eigenvalue weighted by Crippen LogP contribution is 2.27. The summed E-state index contributed by atoms with van der Waals surface area (Å²) >= 11 is 0. The van der Waals surface area contributed by atoms with Crippen molar-refractivity contribution in [2.75, 3.05) is 0 Å². The van der Waals surface area contributed by atoms with Gasteiger partial charge in [0, 0.05) is 5.56 Å². The van der Waals surface area contributed by atoms with Gasteiger partial charge in [0.15, 0.2) is 5.82 Å². The van der Waals surface area contributed by atoms with Gasteiger partial charge in [-0.25, -0.2) is 0 Å². The molecule has 3 rings (SSSR count). The highest BCUT2D eigenvalue weighted by molar-refractivity contribution is 5.96. The SMILES string of the molecule is Cc1nnc(-c2ccc(C)c3ccccc23)nn1. The zero-order chi connectivity index (χ0) is 12.5. The fourth-order valence-electron chi connectivity index (χ4n) is 2.03. The van der Waals surface area contributed by atoms with Gasteiger partial charge >= 0.3 is 0 Å². The molecule has 0 amide bonds. The van der Waals surface area contributed by atoms with Gasteiger partial charge in [0.2, 0.25) is 5.82 Å². The molecule has 4 heteroatoms. The normalized spacial score (nSPS) is 10.8. The molecule has 0 N–H and O–H groups in total. The van der Waals surface area contributed by atoms with E-state index in [-0.39, 0.29) is 0 Å². The lowest BCUT2D eigenvalue weighted by molar-refractivity contribution is 0.817. The van der Waals surface area contributed by atoms with E-state index in [4.69, 9.17) is 0 Å². The Hall–Kier alpha value is -2.36. The van der Waals surface area contributed by atoms with Crippen molar-refractivity contribution in [1.29, 1.82) is 0 Å². The Morgan fingerprint density at radius 2 is 1.39 bits per heavy atom. The topological polar surface area (TPSA) is 51.6 Å². The average molecular weight is 236 g/mol. The lowest BCUT2D eigenvalue weighted by Crippen LogP contribution is -1.99. The van der Waals surface area contributed by atoms with Crippen LogP contribution in [0.15, 0.2) is 36.4 Å². The number of aromatic nitrogens is 4. The largest absolute Gasteiger partial charge is 0.204 e. The van der Waals surface area contributed by atoms with Crippen LogP contribution in [0.3, 0.4) is 0 Å². The molecule has 0 aliphatic heterocycles. The minimum atomic E-state index is 0.566. The van der Waals surface area contributed by atoms with Crippen molar-refractivity contribution in [3.63, 3.8) is 0 Å². The molecule has 0 saturated heterocycles. The van der Waals surface area contributed by atoms with Gasteiger partial charge in [0.05, 0.1) is 0 Å². The zero-order valence-electron chi connectivity index (χ0n) is 10.3. The third-order valence-corrected chi connectivity index (χ3v) is 2.96. The lowest BCUT2D eigenvalue weighted by atomic mass is 10.00. The maximum atomic E-state index is 4.10. The number of aryl methyl sites for hydroxylation is 2. The van der Waals surface area contributed by atoms with Crippen molar-refractivity contribution in [3.05, 3.63) is 47.8 Å². The van der Waals surface area contributed by atoms with E-state index in [2.05, 4.69) is 45.5 Å². The van der Waals surface area contributed by atoms with Gasteiger partial charge in [-0.1, -0.05) is 36.4 Å². The van der Waals surface area contributed by atoms with Crippen molar-refractivity contribution < 1.29 is 0 Å². The van der Waals surface area contributed by atoms with E-state index in [9.17, 15) is 0 Å². The Labute approximate surface area is 105 Å². The first kappa shape index (κ1) is 10.8. The number of benzene rings is 2. The summed E-state index contributed by atoms with van der Waals surface area (Å²) in [5, 5.41) is 18.5. The Balaban J connectivity index is 2.30. The molecule has 0 atom stereocenters. The second-order valence-electron chi connectivity index (χ2n) is 4.25. The Kier molecular flexibility index (Phi) is 2.48. The Morgan fingerprint density at radius 1 is 0.722 bits per heavy atom. The molecule has 2 aromatic carbocycles. The molecule has 1 aromatic heterocycles. The van der Waals surface area contributed by atoms with E-state index in [0.29, 0.717) is 11.6 Å². The molecule has 18 heavy (non-hydrogen) atoms. The smallest absolute Gasteiger partial charge is 0.131 e. The van der Waals surface area contributed by atoms with Crippen LogP contribution in [0.25, 0.3) is 22.2 Å². The van der Waals surface area contributed by atoms with E-state index >= 15 is 0 Å². The monoisotopic (exact) mass is 236 g/mol. The van der Waals surface area contributed by atoms with Crippen LogP contribution in [0.1, 0.15) is 11.4 Å². The molecule has 0 bridgehead atoms. The van der Waals surface area contributed by atoms with E-state index in [1.54, 1.807) is 6.92 Å². The maximum Gasteiger partial charge on any atom is 0.204 e. The third kappa shape index (κ3) is 1.72. The molecule has 0 unspecified atom stereocenters. The second-order valence-corrected chi connectivity index (χ2v) is 4.25. The van der Waals surface area contributed by atoms with Gasteiger partial charge in [0.25, 0.3) is 0 Å². The third-order valence-electron chi connectivity index (χ3n) is 2.96. The Bertz CT molecular complexity index is 705. The van der Waals surface area contributed by atoms with Crippen LogP contribution in [-0.2, 0) is 0 Å². The summed E-state index contributed by atoms with van der Waals surface area (Å²) in [5.74, 6) is 1.15. The quantitative estimate of drug-likeness (QED) is 0.651. The molecule has 0 radical (unpaired) electrons. The van der Waals surface area contributed by atoms with Crippen molar-refractivity contribution in [2.45, 2.75) is 13.8 Å². The summed E-state index contributed by atoms with van der Waals surface area (Å²) in [5.41, 5.74) is 2.21. The first-order valence-electron chi connectivity index (χ1n) is 5.78. The van der Waals surface area contributed by atoms with Gasteiger partial charge in [-0.15, -0.1) is 20.4 Å². The molecule has 0 fully saturated rings. The fourth-order valence-corrected chi connectivity index (χ4v) is 2.03. The molecule has 0 spiro atoms. The van der Waals surface area contributed by atoms with Gasteiger partial charge in [-0.05, 0) is 30.2 Å². The van der Waals surface area contributed by atoms with Crippen LogP contribution >= 0.6 is 0 Å². The van der Waals surface area contributed by atoms with Gasteiger partial charge in [0.1, 0.15) is 0 Å². The van der Waals surface area contributed by atoms with Crippen LogP contribution in [-0.4, -0.2) is 20.4 Å². The summed E-state index contributed by atoms with van der Waals surface area (Å²) in [6, 6.07) is 12.3. The molecule has 4 nitrogen and oxygen atoms in total. The fraction of sp³-hybridized carbons (Fsp3) is 0.143. The number of hydrogen-bond acceptors (Lipinski definition) is 4. The van der Waals surface area contributed by atoms with Crippen LogP contribution in [0.2, 0.25) is 0 Å². The molecule has 0 aliphatic rings. The number of fused-ring (bicyclic) bond motifs is 1. The summed E-state index contributed by atoms with van der Waals surface area (Å²) < 4.78 is 0. The van der Waals surface area contributed by atoms with Crippen LogP contribution in [0.5, 0.6) is 0 Å². The molecule has 88 valence electrons. The highest BCUT2D eigenvalue weighted by atomic mass is 15.3. The van der Waals surface area contributed by atoms with Crippen molar-refractivity contribution in [1.82, 2.24) is 20.4 Å². The lowest BCUT2D eigenvalue weighted by Gasteiger charge is -2.06. The first-order valence-corrected chi connectivity index (χ1v) is 5.78. The van der Waals surface area contributed by atoms with E-state index < -0.39 is 0 Å². The van der Waals surface area contributed by atoms with Gasteiger partial charge in [-0.2, -0.15) is 0 Å². The van der Waals surface area contributed by atoms with E-state index in [1.807, 2.05) is 18.2 Å². The maximum absolute atomic E-state index is 4.10. The minimum Gasteiger partial charge on any atom is -0.131 e. The van der Waals surface area contributed by atoms with Gasteiger partial charge in [-0.3, -0.25) is 0 Å². The van der Waals surface area contributed by atoms with Crippen LogP contribution in [0, 0.1) is 13.8 Å². The minimum absolute atomic E-state index is 0.566. The van der Waals surface area contributed by atoms with E-state index in [1.165, 1.54) is 10.9 Å². The summed E-state index contributed by atoms with van der Waals surface area (Å²) in [6.07, 6.45) is 0. The van der Waals surface area contributed by atoms with Crippen LogP contribution in [0.4, 0.5) is 0 Å². The number of rotatable bonds is 1. The van der Waals surface area contributed by atoms with Crippen LogP contribution < -0.4 is 0 Å². The molecule has 3 aromatic rings. The molecular formula is C14H12N4. The van der Waals surface area contributed by atoms with Crippen molar-refractivity contribution >= 4 is 10.8 Å². The molecule has 1 heterocycles. The van der Waals surface area contributed by atoms with Crippen molar-refractivity contribution in [3.8, 4) is 11.4 Å². The summed E-state index contributed by atoms with van der Waals surface area (Å²) in [4.78, 5) is 0. The number of nitrogens with zero attached hydrogens (tertiary/aromatic N) is 4. The standard InChI is InChI=1S/C14H12N4/c1-9-7-8-13(12-6-4-3-5-11(9)12)14-17-15-10(2)16-18-14/h3-8H,1-2H3. The Morgan fingerprint density at radius 3 is 2.11 bits per heavy atom. The average Bonchev–Trinajstić information content (AvgIpc) is 2.41. The molecule has 0 aliphatic carbocycles. The van der Waals surface area contributed by atoms with E-state index in [0.717, 1.165) is 10.9 Å².